The molecule has 3 atom stereocenters. The molecule has 1 aliphatic carbocycles. The molecule has 1 aromatic rings. The zero-order valence-corrected chi connectivity index (χ0v) is 20.3. The molecule has 176 valence electrons. The molecule has 0 heterocycles. The molecule has 0 saturated heterocycles. The van der Waals surface area contributed by atoms with E-state index in [1.807, 2.05) is 6.79 Å². The Balaban J connectivity index is 0.00000291. The maximum Gasteiger partial charge on any atom is 0.106 e. The predicted octanol–water partition coefficient (Wildman–Crippen LogP) is 9.08. The quantitative estimate of drug-likeness (QED) is 0.322. The largest absolute Gasteiger partial charge is 0.307 e. The number of carbonyl (C=O) groups excluding carboxylic acids is 1. The van der Waals surface area contributed by atoms with Crippen LogP contribution in [0, 0.1) is 24.7 Å². The smallest absolute Gasteiger partial charge is 0.106 e. The summed E-state index contributed by atoms with van der Waals surface area (Å²) in [6.07, 6.45) is 14.0. The van der Waals surface area contributed by atoms with Gasteiger partial charge in [0.05, 0.1) is 0 Å². The number of hydrogen-bond donors (Lipinski definition) is 0. The predicted molar refractivity (Wildman–Crippen MR) is 140 cm³/mol. The van der Waals surface area contributed by atoms with E-state index in [-0.39, 0.29) is 7.43 Å². The third-order valence-corrected chi connectivity index (χ3v) is 7.00. The van der Waals surface area contributed by atoms with Gasteiger partial charge in [-0.05, 0) is 87.2 Å². The Labute approximate surface area is 194 Å². The molecule has 2 rings (SSSR count). The van der Waals surface area contributed by atoms with Gasteiger partial charge in [-0.15, -0.1) is 0 Å². The van der Waals surface area contributed by atoms with Gasteiger partial charge in [0.2, 0.25) is 0 Å². The summed E-state index contributed by atoms with van der Waals surface area (Å²) in [7, 11) is 0. The van der Waals surface area contributed by atoms with Gasteiger partial charge in [-0.1, -0.05) is 95.5 Å². The fourth-order valence-corrected chi connectivity index (χ4v) is 5.27. The number of rotatable bonds is 11. The standard InChI is InChI=1S/C28H44.CH2O.CH4/c1-7-10-12-27-18-16-25(23(6)28(27)20-21(4)11-8-2)15-17-26-14-13-22(5)19-24(26)9-3;1-2;/h13-14,19,25,27-28H,4,6-12,15-18,20H2,1-3,5H3;1H2;1H4. The lowest BCUT2D eigenvalue weighted by Crippen LogP contribution is -2.28. The number of carbonyl (C=O) groups is 1. The molecule has 1 aromatic carbocycles. The molecule has 1 heteroatoms. The van der Waals surface area contributed by atoms with Gasteiger partial charge in [-0.3, -0.25) is 0 Å². The summed E-state index contributed by atoms with van der Waals surface area (Å²) < 4.78 is 0. The molecule has 1 nitrogen and oxygen atoms in total. The second-order valence-electron chi connectivity index (χ2n) is 9.23. The van der Waals surface area contributed by atoms with Gasteiger partial charge in [0.1, 0.15) is 6.79 Å². The van der Waals surface area contributed by atoms with Crippen LogP contribution >= 0.6 is 0 Å². The first-order valence-electron chi connectivity index (χ1n) is 12.2. The van der Waals surface area contributed by atoms with Gasteiger partial charge in [-0.25, -0.2) is 0 Å². The average Bonchev–Trinajstić information content (AvgIpc) is 2.75. The van der Waals surface area contributed by atoms with Gasteiger partial charge < -0.3 is 4.79 Å². The van der Waals surface area contributed by atoms with E-state index in [4.69, 9.17) is 4.79 Å². The highest BCUT2D eigenvalue weighted by atomic mass is 16.1. The molecule has 0 aliphatic heterocycles. The van der Waals surface area contributed by atoms with Crippen molar-refractivity contribution in [2.45, 2.75) is 106 Å². The first kappa shape index (κ1) is 29.4. The van der Waals surface area contributed by atoms with E-state index in [1.165, 1.54) is 80.9 Å². The zero-order chi connectivity index (χ0) is 22.5. The van der Waals surface area contributed by atoms with E-state index in [0.717, 1.165) is 12.3 Å². The summed E-state index contributed by atoms with van der Waals surface area (Å²) in [5.41, 5.74) is 7.48. The Bertz CT molecular complexity index is 656. The van der Waals surface area contributed by atoms with Gasteiger partial charge in [0, 0.05) is 0 Å². The monoisotopic (exact) mass is 426 g/mol. The van der Waals surface area contributed by atoms with Crippen LogP contribution in [0.15, 0.2) is 42.5 Å². The molecule has 0 aromatic heterocycles. The maximum absolute atomic E-state index is 8.00. The van der Waals surface area contributed by atoms with Gasteiger partial charge in [-0.2, -0.15) is 0 Å². The van der Waals surface area contributed by atoms with Gasteiger partial charge in [0.15, 0.2) is 0 Å². The fraction of sp³-hybridized carbons (Fsp3) is 0.633. The van der Waals surface area contributed by atoms with Crippen molar-refractivity contribution in [3.8, 4) is 0 Å². The number of hydrogen-bond acceptors (Lipinski definition) is 1. The normalized spacial score (nSPS) is 20.4. The minimum absolute atomic E-state index is 0. The summed E-state index contributed by atoms with van der Waals surface area (Å²) in [5, 5.41) is 0. The van der Waals surface area contributed by atoms with Crippen LogP contribution in [-0.4, -0.2) is 6.79 Å². The number of allylic oxidation sites excluding steroid dienone is 2. The number of unbranched alkanes of at least 4 members (excludes halogenated alkanes) is 1. The van der Waals surface area contributed by atoms with Crippen molar-refractivity contribution in [3.63, 3.8) is 0 Å². The Kier molecular flexibility index (Phi) is 15.2. The third-order valence-electron chi connectivity index (χ3n) is 7.00. The molecule has 31 heavy (non-hydrogen) atoms. The van der Waals surface area contributed by atoms with Crippen LogP contribution in [0.2, 0.25) is 0 Å². The average molecular weight is 427 g/mol. The highest BCUT2D eigenvalue weighted by Gasteiger charge is 2.33. The van der Waals surface area contributed by atoms with Crippen molar-refractivity contribution >= 4 is 6.79 Å². The summed E-state index contributed by atoms with van der Waals surface area (Å²) in [5.74, 6) is 2.21. The Morgan fingerprint density at radius 3 is 2.35 bits per heavy atom. The Morgan fingerprint density at radius 2 is 1.74 bits per heavy atom. The highest BCUT2D eigenvalue weighted by Crippen LogP contribution is 2.44. The molecule has 0 amide bonds. The Hall–Kier alpha value is -1.63. The van der Waals surface area contributed by atoms with E-state index in [0.29, 0.717) is 11.8 Å². The molecule has 0 N–H and O–H groups in total. The minimum Gasteiger partial charge on any atom is -0.307 e. The molecule has 1 aliphatic rings. The summed E-state index contributed by atoms with van der Waals surface area (Å²) in [4.78, 5) is 8.00. The summed E-state index contributed by atoms with van der Waals surface area (Å²) in [6, 6.07) is 7.02. The lowest BCUT2D eigenvalue weighted by atomic mass is 9.66. The molecule has 3 unspecified atom stereocenters. The van der Waals surface area contributed by atoms with Crippen LogP contribution in [0.25, 0.3) is 0 Å². The maximum atomic E-state index is 8.00. The van der Waals surface area contributed by atoms with Crippen molar-refractivity contribution < 1.29 is 4.79 Å². The van der Waals surface area contributed by atoms with Crippen LogP contribution in [0.4, 0.5) is 0 Å². The van der Waals surface area contributed by atoms with Crippen molar-refractivity contribution in [1.29, 1.82) is 0 Å². The van der Waals surface area contributed by atoms with Crippen LogP contribution in [0.1, 0.15) is 103 Å². The van der Waals surface area contributed by atoms with Crippen molar-refractivity contribution in [2.24, 2.45) is 17.8 Å². The second kappa shape index (κ2) is 16.1. The number of aryl methyl sites for hydroxylation is 3. The van der Waals surface area contributed by atoms with Crippen molar-refractivity contribution in [2.75, 3.05) is 0 Å². The highest BCUT2D eigenvalue weighted by molar-refractivity contribution is 5.32. The van der Waals surface area contributed by atoms with Crippen LogP contribution in [0.3, 0.4) is 0 Å². The lowest BCUT2D eigenvalue weighted by molar-refractivity contribution is -0.0979. The molecule has 0 bridgehead atoms. The van der Waals surface area contributed by atoms with E-state index in [1.54, 1.807) is 11.1 Å². The Morgan fingerprint density at radius 1 is 1.03 bits per heavy atom. The number of benzene rings is 1. The van der Waals surface area contributed by atoms with E-state index in [9.17, 15) is 0 Å². The minimum atomic E-state index is 0. The first-order valence-corrected chi connectivity index (χ1v) is 12.2. The van der Waals surface area contributed by atoms with Crippen LogP contribution in [-0.2, 0) is 17.6 Å². The van der Waals surface area contributed by atoms with Crippen molar-refractivity contribution in [3.05, 3.63) is 59.2 Å². The molecule has 1 saturated carbocycles. The van der Waals surface area contributed by atoms with E-state index >= 15 is 0 Å². The lowest BCUT2D eigenvalue weighted by Gasteiger charge is -2.39. The molecule has 0 spiro atoms. The molecule has 1 fully saturated rings. The SMILES string of the molecule is C.C=C(CCC)CC1C(=C)C(CCc2ccc(C)cc2CC)CCC1CCCC.C=O. The second-order valence-corrected chi connectivity index (χ2v) is 9.23. The van der Waals surface area contributed by atoms with Gasteiger partial charge in [0.25, 0.3) is 0 Å². The van der Waals surface area contributed by atoms with Gasteiger partial charge >= 0.3 is 0 Å². The summed E-state index contributed by atoms with van der Waals surface area (Å²) >= 11 is 0. The topological polar surface area (TPSA) is 17.1 Å². The molecular weight excluding hydrogens is 376 g/mol. The summed E-state index contributed by atoms with van der Waals surface area (Å²) in [6.45, 7) is 20.1. The van der Waals surface area contributed by atoms with E-state index < -0.39 is 0 Å². The van der Waals surface area contributed by atoms with E-state index in [2.05, 4.69) is 59.1 Å². The van der Waals surface area contributed by atoms with Crippen LogP contribution < -0.4 is 0 Å². The third kappa shape index (κ3) is 9.17. The molecular formula is C30H50O. The van der Waals surface area contributed by atoms with Crippen LogP contribution in [0.5, 0.6) is 0 Å². The van der Waals surface area contributed by atoms with Crippen molar-refractivity contribution in [1.82, 2.24) is 0 Å². The fourth-order valence-electron chi connectivity index (χ4n) is 5.27. The zero-order valence-electron chi connectivity index (χ0n) is 20.3. The first-order chi connectivity index (χ1) is 14.5. The molecule has 0 radical (unpaired) electrons.